The van der Waals surface area contributed by atoms with Crippen molar-refractivity contribution in [1.82, 2.24) is 15.3 Å². The monoisotopic (exact) mass is 506 g/mol. The van der Waals surface area contributed by atoms with Gasteiger partial charge in [-0.1, -0.05) is 66.7 Å². The van der Waals surface area contributed by atoms with Crippen molar-refractivity contribution in [3.63, 3.8) is 0 Å². The molecule has 1 saturated heterocycles. The molecule has 3 heterocycles. The number of nitrogens with zero attached hydrogens (tertiary/aromatic N) is 3. The number of nitrogens with one attached hydrogen (secondary N) is 1. The summed E-state index contributed by atoms with van der Waals surface area (Å²) in [6.07, 6.45) is 4.85. The van der Waals surface area contributed by atoms with Crippen LogP contribution in [0.25, 0.3) is 11.4 Å². The molecule has 1 amide bonds. The van der Waals surface area contributed by atoms with Crippen molar-refractivity contribution < 1.29 is 14.3 Å². The number of fused-ring (bicyclic) bond motifs is 1. The molecule has 0 atom stereocenters. The smallest absolute Gasteiger partial charge is 0.256 e. The van der Waals surface area contributed by atoms with Crippen LogP contribution in [0.1, 0.15) is 34.3 Å². The van der Waals surface area contributed by atoms with E-state index in [9.17, 15) is 4.79 Å². The molecule has 2 aliphatic heterocycles. The lowest BCUT2D eigenvalue weighted by Crippen LogP contribution is -2.37. The van der Waals surface area contributed by atoms with E-state index in [0.717, 1.165) is 49.2 Å². The summed E-state index contributed by atoms with van der Waals surface area (Å²) < 4.78 is 10.9. The van der Waals surface area contributed by atoms with Crippen LogP contribution >= 0.6 is 0 Å². The third-order valence-corrected chi connectivity index (χ3v) is 7.22. The van der Waals surface area contributed by atoms with Gasteiger partial charge >= 0.3 is 0 Å². The van der Waals surface area contributed by atoms with E-state index in [4.69, 9.17) is 14.5 Å². The fourth-order valence-corrected chi connectivity index (χ4v) is 5.13. The molecule has 0 spiro atoms. The molecule has 0 bridgehead atoms. The topological polar surface area (TPSA) is 76.6 Å². The minimum Gasteiger partial charge on any atom is -0.454 e. The first-order valence-corrected chi connectivity index (χ1v) is 13.1. The summed E-state index contributed by atoms with van der Waals surface area (Å²) in [6.45, 7) is 2.30. The molecule has 192 valence electrons. The van der Waals surface area contributed by atoms with Crippen LogP contribution in [-0.2, 0) is 13.0 Å². The van der Waals surface area contributed by atoms with Crippen LogP contribution in [0.4, 0.5) is 5.82 Å². The SMILES string of the molecule is O=C(NCc1ccc2c(c1)OCO2)c1cnc(-c2ccccc2)nc1N1CCC(Cc2ccccc2)CC1. The highest BCUT2D eigenvalue weighted by molar-refractivity contribution is 5.99. The summed E-state index contributed by atoms with van der Waals surface area (Å²) in [7, 11) is 0. The number of anilines is 1. The highest BCUT2D eigenvalue weighted by Crippen LogP contribution is 2.33. The van der Waals surface area contributed by atoms with Crippen molar-refractivity contribution in [2.75, 3.05) is 24.8 Å². The van der Waals surface area contributed by atoms with E-state index in [2.05, 4.69) is 45.5 Å². The van der Waals surface area contributed by atoms with Crippen molar-refractivity contribution in [2.24, 2.45) is 5.92 Å². The van der Waals surface area contributed by atoms with E-state index in [1.165, 1.54) is 5.56 Å². The number of carbonyl (C=O) groups excluding carboxylic acids is 1. The third kappa shape index (κ3) is 5.32. The van der Waals surface area contributed by atoms with Crippen LogP contribution < -0.4 is 19.7 Å². The minimum atomic E-state index is -0.191. The second-order valence-electron chi connectivity index (χ2n) is 9.79. The molecule has 6 rings (SSSR count). The predicted molar refractivity (Wildman–Crippen MR) is 146 cm³/mol. The Balaban J connectivity index is 1.20. The Bertz CT molecular complexity index is 1400. The molecule has 0 unspecified atom stereocenters. The van der Waals surface area contributed by atoms with Gasteiger partial charge in [0.05, 0.1) is 0 Å². The standard InChI is InChI=1S/C31H30N4O3/c36-31(33-19-24-11-12-27-28(18-24)38-21-37-27)26-20-32-29(25-9-5-2-6-10-25)34-30(26)35-15-13-23(14-16-35)17-22-7-3-1-4-8-22/h1-12,18,20,23H,13-17,19,21H2,(H,33,36). The first kappa shape index (κ1) is 24.0. The second-order valence-corrected chi connectivity index (χ2v) is 9.79. The van der Waals surface area contributed by atoms with Gasteiger partial charge in [-0.3, -0.25) is 4.79 Å². The Morgan fingerprint density at radius 2 is 1.63 bits per heavy atom. The summed E-state index contributed by atoms with van der Waals surface area (Å²) in [5.41, 5.74) is 3.74. The van der Waals surface area contributed by atoms with Crippen molar-refractivity contribution >= 4 is 11.7 Å². The van der Waals surface area contributed by atoms with E-state index in [0.29, 0.717) is 35.4 Å². The zero-order valence-corrected chi connectivity index (χ0v) is 21.2. The Kier molecular flexibility index (Phi) is 6.89. The summed E-state index contributed by atoms with van der Waals surface area (Å²) >= 11 is 0. The van der Waals surface area contributed by atoms with E-state index in [-0.39, 0.29) is 12.7 Å². The molecule has 0 radical (unpaired) electrons. The summed E-state index contributed by atoms with van der Waals surface area (Å²) in [5, 5.41) is 3.04. The van der Waals surface area contributed by atoms with Gasteiger partial charge in [-0.25, -0.2) is 9.97 Å². The molecule has 1 N–H and O–H groups in total. The van der Waals surface area contributed by atoms with Gasteiger partial charge in [0.25, 0.3) is 5.91 Å². The fourth-order valence-electron chi connectivity index (χ4n) is 5.13. The number of rotatable bonds is 7. The molecule has 3 aromatic carbocycles. The lowest BCUT2D eigenvalue weighted by molar-refractivity contribution is 0.0950. The van der Waals surface area contributed by atoms with Gasteiger partial charge in [-0.05, 0) is 48.4 Å². The largest absolute Gasteiger partial charge is 0.454 e. The van der Waals surface area contributed by atoms with Gasteiger partial charge in [-0.2, -0.15) is 0 Å². The Morgan fingerprint density at radius 3 is 2.42 bits per heavy atom. The number of aromatic nitrogens is 2. The maximum atomic E-state index is 13.4. The highest BCUT2D eigenvalue weighted by Gasteiger charge is 2.25. The number of carbonyl (C=O) groups is 1. The Morgan fingerprint density at radius 1 is 0.895 bits per heavy atom. The summed E-state index contributed by atoms with van der Waals surface area (Å²) in [4.78, 5) is 25.1. The number of piperidine rings is 1. The molecule has 4 aromatic rings. The van der Waals surface area contributed by atoms with Crippen molar-refractivity contribution in [3.05, 3.63) is 102 Å². The van der Waals surface area contributed by atoms with E-state index in [1.54, 1.807) is 6.20 Å². The fraction of sp³-hybridized carbons (Fsp3) is 0.258. The third-order valence-electron chi connectivity index (χ3n) is 7.22. The first-order chi connectivity index (χ1) is 18.7. The van der Waals surface area contributed by atoms with Crippen LogP contribution in [0, 0.1) is 5.92 Å². The van der Waals surface area contributed by atoms with Crippen molar-refractivity contribution in [3.8, 4) is 22.9 Å². The van der Waals surface area contributed by atoms with Crippen molar-refractivity contribution in [1.29, 1.82) is 0 Å². The lowest BCUT2D eigenvalue weighted by Gasteiger charge is -2.34. The zero-order chi connectivity index (χ0) is 25.7. The Labute approximate surface area is 222 Å². The van der Waals surface area contributed by atoms with Crippen LogP contribution in [0.15, 0.2) is 85.1 Å². The molecule has 0 saturated carbocycles. The molecule has 1 aromatic heterocycles. The normalized spacial score (nSPS) is 14.9. The average Bonchev–Trinajstić information content (AvgIpc) is 3.45. The van der Waals surface area contributed by atoms with Gasteiger partial charge in [0, 0.05) is 31.4 Å². The van der Waals surface area contributed by atoms with Gasteiger partial charge in [-0.15, -0.1) is 0 Å². The molecule has 1 fully saturated rings. The number of hydrogen-bond acceptors (Lipinski definition) is 6. The number of hydrogen-bond donors (Lipinski definition) is 1. The van der Waals surface area contributed by atoms with Crippen LogP contribution in [0.3, 0.4) is 0 Å². The maximum Gasteiger partial charge on any atom is 0.256 e. The van der Waals surface area contributed by atoms with Crippen LogP contribution in [-0.4, -0.2) is 35.8 Å². The molecule has 38 heavy (non-hydrogen) atoms. The summed E-state index contributed by atoms with van der Waals surface area (Å²) in [6, 6.07) is 26.3. The Hall–Kier alpha value is -4.39. The molecular weight excluding hydrogens is 476 g/mol. The number of benzene rings is 3. The quantitative estimate of drug-likeness (QED) is 0.368. The van der Waals surface area contributed by atoms with Crippen molar-refractivity contribution in [2.45, 2.75) is 25.8 Å². The maximum absolute atomic E-state index is 13.4. The lowest BCUT2D eigenvalue weighted by atomic mass is 9.90. The highest BCUT2D eigenvalue weighted by atomic mass is 16.7. The van der Waals surface area contributed by atoms with E-state index < -0.39 is 0 Å². The zero-order valence-electron chi connectivity index (χ0n) is 21.2. The molecule has 7 heteroatoms. The van der Waals surface area contributed by atoms with Gasteiger partial charge in [0.2, 0.25) is 6.79 Å². The van der Waals surface area contributed by atoms with Gasteiger partial charge in [0.15, 0.2) is 17.3 Å². The average molecular weight is 507 g/mol. The van der Waals surface area contributed by atoms with Crippen LogP contribution in [0.5, 0.6) is 11.5 Å². The predicted octanol–water partition coefficient (Wildman–Crippen LogP) is 5.26. The number of amides is 1. The molecule has 0 aliphatic carbocycles. The molecular formula is C31H30N4O3. The van der Waals surface area contributed by atoms with Gasteiger partial charge in [0.1, 0.15) is 11.4 Å². The second kappa shape index (κ2) is 10.9. The van der Waals surface area contributed by atoms with Gasteiger partial charge < -0.3 is 19.7 Å². The van der Waals surface area contributed by atoms with Crippen LogP contribution in [0.2, 0.25) is 0 Å². The van der Waals surface area contributed by atoms with E-state index >= 15 is 0 Å². The summed E-state index contributed by atoms with van der Waals surface area (Å²) in [5.74, 6) is 3.17. The van der Waals surface area contributed by atoms with E-state index in [1.807, 2.05) is 48.5 Å². The molecule has 7 nitrogen and oxygen atoms in total. The first-order valence-electron chi connectivity index (χ1n) is 13.1. The minimum absolute atomic E-state index is 0.191. The molecule has 2 aliphatic rings. The number of ether oxygens (including phenoxy) is 2.